The number of methoxy groups -OCH3 is 2. The van der Waals surface area contributed by atoms with Gasteiger partial charge in [0.15, 0.2) is 5.69 Å². The largest absolute Gasteiger partial charge is 0.464 e. The molecule has 2 rings (SSSR count). The van der Waals surface area contributed by atoms with Crippen LogP contribution in [-0.4, -0.2) is 54.5 Å². The highest BCUT2D eigenvalue weighted by Gasteiger charge is 2.23. The third-order valence-electron chi connectivity index (χ3n) is 3.41. The lowest BCUT2D eigenvalue weighted by Gasteiger charge is -2.22. The molecule has 20 heavy (non-hydrogen) atoms. The van der Waals surface area contributed by atoms with Crippen molar-refractivity contribution < 1.29 is 19.0 Å². The van der Waals surface area contributed by atoms with Gasteiger partial charge in [0.2, 0.25) is 0 Å². The van der Waals surface area contributed by atoms with Gasteiger partial charge in [0.1, 0.15) is 0 Å². The maximum atomic E-state index is 11.7. The minimum atomic E-state index is -0.466. The van der Waals surface area contributed by atoms with Crippen LogP contribution in [0, 0.1) is 0 Å². The molecule has 1 atom stereocenters. The second-order valence-electron chi connectivity index (χ2n) is 4.79. The summed E-state index contributed by atoms with van der Waals surface area (Å²) in [6.07, 6.45) is 3.99. The molecule has 1 aliphatic heterocycles. The van der Waals surface area contributed by atoms with Crippen LogP contribution < -0.4 is 0 Å². The summed E-state index contributed by atoms with van der Waals surface area (Å²) in [6, 6.07) is 0. The highest BCUT2D eigenvalue weighted by molar-refractivity contribution is 5.88. The monoisotopic (exact) mass is 283 g/mol. The van der Waals surface area contributed by atoms with Crippen LogP contribution in [0.1, 0.15) is 35.4 Å². The topological polar surface area (TPSA) is 75.5 Å². The molecule has 0 amide bonds. The van der Waals surface area contributed by atoms with E-state index in [-0.39, 0.29) is 11.8 Å². The summed E-state index contributed by atoms with van der Waals surface area (Å²) in [6.45, 7) is 1.91. The summed E-state index contributed by atoms with van der Waals surface area (Å²) in [7, 11) is 2.96. The number of hydrogen-bond donors (Lipinski definition) is 0. The van der Waals surface area contributed by atoms with Gasteiger partial charge >= 0.3 is 5.97 Å². The molecule has 1 fully saturated rings. The maximum absolute atomic E-state index is 11.7. The van der Waals surface area contributed by atoms with E-state index in [1.807, 2.05) is 0 Å². The lowest BCUT2D eigenvalue weighted by molar-refractivity contribution is 0.00307. The molecular weight excluding hydrogens is 262 g/mol. The molecule has 1 aliphatic rings. The Morgan fingerprint density at radius 2 is 2.30 bits per heavy atom. The lowest BCUT2D eigenvalue weighted by atomic mass is 10.1. The van der Waals surface area contributed by atoms with E-state index in [1.54, 1.807) is 11.8 Å². The van der Waals surface area contributed by atoms with Crippen LogP contribution in [0.3, 0.4) is 0 Å². The Balaban J connectivity index is 2.13. The molecule has 0 N–H and O–H groups in total. The summed E-state index contributed by atoms with van der Waals surface area (Å²) in [5.41, 5.74) is 1.01. The zero-order valence-electron chi connectivity index (χ0n) is 12.0. The Labute approximate surface area is 118 Å². The van der Waals surface area contributed by atoms with Gasteiger partial charge in [-0.15, -0.1) is 5.10 Å². The molecule has 2 heterocycles. The highest BCUT2D eigenvalue weighted by atomic mass is 16.5. The van der Waals surface area contributed by atoms with Crippen LogP contribution in [0.4, 0.5) is 0 Å². The molecule has 7 heteroatoms. The fourth-order valence-corrected chi connectivity index (χ4v) is 2.33. The van der Waals surface area contributed by atoms with E-state index < -0.39 is 5.97 Å². The number of carbonyl (C=O) groups is 1. The fraction of sp³-hybridized carbons (Fsp3) is 0.769. The molecule has 0 aromatic carbocycles. The highest BCUT2D eigenvalue weighted by Crippen LogP contribution is 2.16. The van der Waals surface area contributed by atoms with Crippen molar-refractivity contribution in [3.63, 3.8) is 0 Å². The van der Waals surface area contributed by atoms with Crippen LogP contribution in [0.25, 0.3) is 0 Å². The van der Waals surface area contributed by atoms with E-state index in [2.05, 4.69) is 10.3 Å². The van der Waals surface area contributed by atoms with E-state index in [0.29, 0.717) is 19.6 Å². The number of carbonyl (C=O) groups excluding carboxylic acids is 1. The molecule has 1 aromatic rings. The molecular formula is C13H21N3O4. The normalized spacial score (nSPS) is 19.0. The minimum absolute atomic E-state index is 0.136. The predicted octanol–water partition coefficient (Wildman–Crippen LogP) is 0.823. The fourth-order valence-electron chi connectivity index (χ4n) is 2.33. The van der Waals surface area contributed by atoms with Gasteiger partial charge in [0.25, 0.3) is 0 Å². The summed E-state index contributed by atoms with van der Waals surface area (Å²) in [5.74, 6) is -0.466. The molecule has 0 spiro atoms. The van der Waals surface area contributed by atoms with Crippen molar-refractivity contribution in [3.8, 4) is 0 Å². The first-order valence-corrected chi connectivity index (χ1v) is 6.87. The van der Waals surface area contributed by atoms with Crippen molar-refractivity contribution in [2.45, 2.75) is 38.3 Å². The first-order chi connectivity index (χ1) is 9.76. The predicted molar refractivity (Wildman–Crippen MR) is 70.5 cm³/mol. The Morgan fingerprint density at radius 1 is 1.45 bits per heavy atom. The van der Waals surface area contributed by atoms with Crippen LogP contribution in [0.5, 0.6) is 0 Å². The van der Waals surface area contributed by atoms with Gasteiger partial charge in [0, 0.05) is 20.1 Å². The average Bonchev–Trinajstić information content (AvgIpc) is 2.88. The maximum Gasteiger partial charge on any atom is 0.360 e. The molecule has 0 aliphatic carbocycles. The molecule has 0 radical (unpaired) electrons. The van der Waals surface area contributed by atoms with E-state index in [0.717, 1.165) is 31.6 Å². The van der Waals surface area contributed by atoms with E-state index in [9.17, 15) is 4.79 Å². The standard InChI is InChI=1S/C13H21N3O4/c1-18-8-6-11-12(13(17)19-2)14-15-16(11)9-10-5-3-4-7-20-10/h10H,3-9H2,1-2H3. The van der Waals surface area contributed by atoms with Crippen molar-refractivity contribution >= 4 is 5.97 Å². The Kier molecular flexibility index (Phi) is 5.49. The van der Waals surface area contributed by atoms with Crippen molar-refractivity contribution in [1.29, 1.82) is 0 Å². The molecule has 1 saturated heterocycles. The van der Waals surface area contributed by atoms with Crippen molar-refractivity contribution in [2.24, 2.45) is 0 Å². The molecule has 7 nitrogen and oxygen atoms in total. The minimum Gasteiger partial charge on any atom is -0.464 e. The van der Waals surface area contributed by atoms with Gasteiger partial charge in [-0.05, 0) is 19.3 Å². The number of aromatic nitrogens is 3. The molecule has 1 aromatic heterocycles. The third-order valence-corrected chi connectivity index (χ3v) is 3.41. The summed E-state index contributed by atoms with van der Waals surface area (Å²) in [5, 5.41) is 8.00. The van der Waals surface area contributed by atoms with Crippen LogP contribution >= 0.6 is 0 Å². The molecule has 0 bridgehead atoms. The van der Waals surface area contributed by atoms with Crippen LogP contribution in [0.15, 0.2) is 0 Å². The van der Waals surface area contributed by atoms with Gasteiger partial charge in [-0.3, -0.25) is 0 Å². The van der Waals surface area contributed by atoms with Gasteiger partial charge < -0.3 is 14.2 Å². The first-order valence-electron chi connectivity index (χ1n) is 6.87. The number of hydrogen-bond acceptors (Lipinski definition) is 6. The quantitative estimate of drug-likeness (QED) is 0.720. The van der Waals surface area contributed by atoms with Crippen molar-refractivity contribution in [2.75, 3.05) is 27.4 Å². The first kappa shape index (κ1) is 14.9. The van der Waals surface area contributed by atoms with E-state index in [1.165, 1.54) is 7.11 Å². The summed E-state index contributed by atoms with van der Waals surface area (Å²) < 4.78 is 17.2. The Bertz CT molecular complexity index is 441. The lowest BCUT2D eigenvalue weighted by Crippen LogP contribution is -2.26. The van der Waals surface area contributed by atoms with Crippen molar-refractivity contribution in [3.05, 3.63) is 11.4 Å². The number of nitrogens with zero attached hydrogens (tertiary/aromatic N) is 3. The summed E-state index contributed by atoms with van der Waals surface area (Å²) >= 11 is 0. The third kappa shape index (κ3) is 3.55. The van der Waals surface area contributed by atoms with E-state index in [4.69, 9.17) is 14.2 Å². The average molecular weight is 283 g/mol. The van der Waals surface area contributed by atoms with Gasteiger partial charge in [0.05, 0.1) is 32.1 Å². The number of esters is 1. The Morgan fingerprint density at radius 3 is 2.95 bits per heavy atom. The van der Waals surface area contributed by atoms with Crippen LogP contribution in [-0.2, 0) is 27.2 Å². The SMILES string of the molecule is COCCc1c(C(=O)OC)nnn1CC1CCCCO1. The summed E-state index contributed by atoms with van der Waals surface area (Å²) in [4.78, 5) is 11.7. The second kappa shape index (κ2) is 7.35. The number of ether oxygens (including phenoxy) is 3. The van der Waals surface area contributed by atoms with E-state index >= 15 is 0 Å². The smallest absolute Gasteiger partial charge is 0.360 e. The molecule has 112 valence electrons. The van der Waals surface area contributed by atoms with Gasteiger partial charge in [-0.1, -0.05) is 5.21 Å². The molecule has 1 unspecified atom stereocenters. The van der Waals surface area contributed by atoms with Crippen molar-refractivity contribution in [1.82, 2.24) is 15.0 Å². The zero-order valence-corrected chi connectivity index (χ0v) is 12.0. The number of rotatable bonds is 6. The van der Waals surface area contributed by atoms with Crippen LogP contribution in [0.2, 0.25) is 0 Å². The van der Waals surface area contributed by atoms with Gasteiger partial charge in [-0.2, -0.15) is 0 Å². The Hall–Kier alpha value is -1.47. The second-order valence-corrected chi connectivity index (χ2v) is 4.79. The molecule has 0 saturated carbocycles. The van der Waals surface area contributed by atoms with Gasteiger partial charge in [-0.25, -0.2) is 9.48 Å². The zero-order chi connectivity index (χ0) is 14.4.